The summed E-state index contributed by atoms with van der Waals surface area (Å²) in [6.45, 7) is 1.21. The first-order chi connectivity index (χ1) is 11.9. The maximum Gasteiger partial charge on any atom is 0.433 e. The van der Waals surface area contributed by atoms with Crippen LogP contribution in [0.3, 0.4) is 0 Å². The largest absolute Gasteiger partial charge is 0.433 e. The van der Waals surface area contributed by atoms with E-state index >= 15 is 0 Å². The molecule has 1 saturated heterocycles. The van der Waals surface area contributed by atoms with Crippen LogP contribution < -0.4 is 0 Å². The molecule has 1 fully saturated rings. The molecule has 0 aliphatic carbocycles. The third-order valence-electron chi connectivity index (χ3n) is 4.10. The number of hydrogen-bond acceptors (Lipinski definition) is 4. The molecule has 0 unspecified atom stereocenters. The van der Waals surface area contributed by atoms with Crippen LogP contribution in [0, 0.1) is 0 Å². The quantitative estimate of drug-likeness (QED) is 0.695. The number of fused-ring (bicyclic) bond motifs is 1. The van der Waals surface area contributed by atoms with Gasteiger partial charge in [-0.25, -0.2) is 9.50 Å². The van der Waals surface area contributed by atoms with E-state index < -0.39 is 11.9 Å². The van der Waals surface area contributed by atoms with Gasteiger partial charge in [0.25, 0.3) is 5.91 Å². The number of nitrogens with zero attached hydrogens (tertiary/aromatic N) is 4. The summed E-state index contributed by atoms with van der Waals surface area (Å²) in [4.78, 5) is 18.9. The highest BCUT2D eigenvalue weighted by Crippen LogP contribution is 2.33. The molecule has 3 aromatic rings. The van der Waals surface area contributed by atoms with Crippen LogP contribution in [0.25, 0.3) is 16.2 Å². The number of thiophene rings is 1. The molecule has 1 amide bonds. The van der Waals surface area contributed by atoms with Crippen molar-refractivity contribution in [3.8, 4) is 10.6 Å². The molecule has 25 heavy (non-hydrogen) atoms. The van der Waals surface area contributed by atoms with Crippen LogP contribution in [-0.2, 0) is 6.18 Å². The van der Waals surface area contributed by atoms with E-state index in [1.54, 1.807) is 22.4 Å². The molecule has 0 spiro atoms. The van der Waals surface area contributed by atoms with E-state index in [9.17, 15) is 18.0 Å². The molecule has 0 atom stereocenters. The number of carbonyl (C=O) groups excluding carboxylic acids is 1. The molecule has 1 aliphatic heterocycles. The minimum atomic E-state index is -4.60. The van der Waals surface area contributed by atoms with Crippen molar-refractivity contribution in [2.24, 2.45) is 0 Å². The van der Waals surface area contributed by atoms with Gasteiger partial charge in [0, 0.05) is 19.2 Å². The van der Waals surface area contributed by atoms with Gasteiger partial charge in [-0.3, -0.25) is 4.79 Å². The van der Waals surface area contributed by atoms with E-state index in [2.05, 4.69) is 10.1 Å². The average Bonchev–Trinajstić information content (AvgIpc) is 3.32. The lowest BCUT2D eigenvalue weighted by Crippen LogP contribution is -2.28. The highest BCUT2D eigenvalue weighted by Gasteiger charge is 2.36. The Balaban J connectivity index is 1.86. The van der Waals surface area contributed by atoms with Gasteiger partial charge < -0.3 is 4.90 Å². The number of alkyl halides is 3. The van der Waals surface area contributed by atoms with Gasteiger partial charge in [-0.2, -0.15) is 18.3 Å². The number of halogens is 3. The summed E-state index contributed by atoms with van der Waals surface area (Å²) in [5.41, 5.74) is -0.722. The molecule has 3 aromatic heterocycles. The SMILES string of the molecule is O=C(c1cc2nc(-c3cccs3)cc(C(F)(F)F)n2n1)N1CCCC1. The minimum Gasteiger partial charge on any atom is -0.337 e. The van der Waals surface area contributed by atoms with E-state index in [-0.39, 0.29) is 22.9 Å². The maximum absolute atomic E-state index is 13.5. The summed E-state index contributed by atoms with van der Waals surface area (Å²) in [6, 6.07) is 5.75. The minimum absolute atomic E-state index is 0.0109. The Labute approximate surface area is 144 Å². The van der Waals surface area contributed by atoms with E-state index in [1.165, 1.54) is 17.4 Å². The van der Waals surface area contributed by atoms with Crippen LogP contribution in [-0.4, -0.2) is 38.5 Å². The van der Waals surface area contributed by atoms with E-state index in [0.717, 1.165) is 18.9 Å². The standard InChI is InChI=1S/C16H13F3N4OS/c17-16(18,19)13-8-10(12-4-3-7-25-12)20-14-9-11(21-23(13)14)15(24)22-5-1-2-6-22/h3-4,7-9H,1-2,5-6H2. The lowest BCUT2D eigenvalue weighted by Gasteiger charge is -2.12. The average molecular weight is 366 g/mol. The van der Waals surface area contributed by atoms with E-state index in [4.69, 9.17) is 0 Å². The Kier molecular flexibility index (Phi) is 3.75. The molecule has 130 valence electrons. The van der Waals surface area contributed by atoms with Crippen molar-refractivity contribution in [3.05, 3.63) is 41.0 Å². The fourth-order valence-corrected chi connectivity index (χ4v) is 3.60. The van der Waals surface area contributed by atoms with Crippen LogP contribution in [0.1, 0.15) is 29.0 Å². The Bertz CT molecular complexity index is 927. The Morgan fingerprint density at radius 1 is 1.20 bits per heavy atom. The number of amides is 1. The lowest BCUT2D eigenvalue weighted by molar-refractivity contribution is -0.142. The number of hydrogen-bond donors (Lipinski definition) is 0. The molecule has 4 heterocycles. The van der Waals surface area contributed by atoms with Crippen LogP contribution in [0.15, 0.2) is 29.6 Å². The van der Waals surface area contributed by atoms with Crippen molar-refractivity contribution in [1.29, 1.82) is 0 Å². The molecule has 9 heteroatoms. The van der Waals surface area contributed by atoms with Crippen LogP contribution in [0.4, 0.5) is 13.2 Å². The highest BCUT2D eigenvalue weighted by atomic mass is 32.1. The molecular weight excluding hydrogens is 353 g/mol. The van der Waals surface area contributed by atoms with Gasteiger partial charge in [0.2, 0.25) is 0 Å². The Morgan fingerprint density at radius 3 is 2.60 bits per heavy atom. The number of carbonyl (C=O) groups is 1. The molecule has 1 aliphatic rings. The summed E-state index contributed by atoms with van der Waals surface area (Å²) in [7, 11) is 0. The topological polar surface area (TPSA) is 50.5 Å². The van der Waals surface area contributed by atoms with E-state index in [0.29, 0.717) is 22.5 Å². The van der Waals surface area contributed by atoms with Crippen molar-refractivity contribution >= 4 is 22.9 Å². The monoisotopic (exact) mass is 366 g/mol. The van der Waals surface area contributed by atoms with Gasteiger partial charge in [0.15, 0.2) is 17.0 Å². The van der Waals surface area contributed by atoms with Crippen molar-refractivity contribution in [2.75, 3.05) is 13.1 Å². The zero-order valence-electron chi connectivity index (χ0n) is 13.0. The molecule has 0 saturated carbocycles. The molecule has 0 radical (unpaired) electrons. The Morgan fingerprint density at radius 2 is 1.96 bits per heavy atom. The first kappa shape index (κ1) is 16.1. The van der Waals surface area contributed by atoms with Crippen molar-refractivity contribution in [2.45, 2.75) is 19.0 Å². The van der Waals surface area contributed by atoms with Gasteiger partial charge in [-0.1, -0.05) is 6.07 Å². The van der Waals surface area contributed by atoms with Gasteiger partial charge >= 0.3 is 6.18 Å². The second kappa shape index (κ2) is 5.83. The van der Waals surface area contributed by atoms with Gasteiger partial charge in [-0.05, 0) is 30.4 Å². The number of rotatable bonds is 2. The summed E-state index contributed by atoms with van der Waals surface area (Å²) in [6.07, 6.45) is -2.81. The number of likely N-dealkylation sites (tertiary alicyclic amines) is 1. The molecule has 0 N–H and O–H groups in total. The van der Waals surface area contributed by atoms with Crippen LogP contribution in [0.2, 0.25) is 0 Å². The summed E-state index contributed by atoms with van der Waals surface area (Å²) >= 11 is 1.30. The predicted octanol–water partition coefficient (Wildman–Crippen LogP) is 3.71. The number of aromatic nitrogens is 3. The summed E-state index contributed by atoms with van der Waals surface area (Å²) in [5.74, 6) is -0.353. The fourth-order valence-electron chi connectivity index (χ4n) is 2.91. The van der Waals surface area contributed by atoms with Crippen LogP contribution in [0.5, 0.6) is 0 Å². The van der Waals surface area contributed by atoms with Crippen molar-refractivity contribution in [3.63, 3.8) is 0 Å². The molecule has 0 aromatic carbocycles. The molecular formula is C16H13F3N4OS. The summed E-state index contributed by atoms with van der Waals surface area (Å²) < 4.78 is 41.1. The highest BCUT2D eigenvalue weighted by molar-refractivity contribution is 7.13. The van der Waals surface area contributed by atoms with Gasteiger partial charge in [0.1, 0.15) is 0 Å². The maximum atomic E-state index is 13.5. The summed E-state index contributed by atoms with van der Waals surface area (Å²) in [5, 5.41) is 5.66. The fraction of sp³-hybridized carbons (Fsp3) is 0.312. The molecule has 5 nitrogen and oxygen atoms in total. The van der Waals surface area contributed by atoms with E-state index in [1.807, 2.05) is 0 Å². The Hall–Kier alpha value is -2.42. The van der Waals surface area contributed by atoms with Gasteiger partial charge in [0.05, 0.1) is 10.6 Å². The first-order valence-corrected chi connectivity index (χ1v) is 8.62. The second-order valence-corrected chi connectivity index (χ2v) is 6.75. The lowest BCUT2D eigenvalue weighted by atomic mass is 10.2. The van der Waals surface area contributed by atoms with Crippen molar-refractivity contribution < 1.29 is 18.0 Å². The molecule has 0 bridgehead atoms. The smallest absolute Gasteiger partial charge is 0.337 e. The zero-order valence-corrected chi connectivity index (χ0v) is 13.8. The van der Waals surface area contributed by atoms with Gasteiger partial charge in [-0.15, -0.1) is 11.3 Å². The normalized spacial score (nSPS) is 15.2. The van der Waals surface area contributed by atoms with Crippen molar-refractivity contribution in [1.82, 2.24) is 19.5 Å². The third-order valence-corrected chi connectivity index (χ3v) is 5.00. The zero-order chi connectivity index (χ0) is 17.6. The van der Waals surface area contributed by atoms with Crippen LogP contribution >= 0.6 is 11.3 Å². The first-order valence-electron chi connectivity index (χ1n) is 7.75. The molecule has 4 rings (SSSR count). The second-order valence-electron chi connectivity index (χ2n) is 5.80. The predicted molar refractivity (Wildman–Crippen MR) is 86.4 cm³/mol. The third kappa shape index (κ3) is 2.88.